The number of rotatable bonds is 7. The molecular weight excluding hydrogens is 468 g/mol. The molecule has 0 aromatic heterocycles. The van der Waals surface area contributed by atoms with E-state index in [1.807, 2.05) is 0 Å². The van der Waals surface area contributed by atoms with Gasteiger partial charge < -0.3 is 33.5 Å². The second kappa shape index (κ2) is 11.0. The number of benzene rings is 2. The number of fused-ring (bicyclic) bond motifs is 1. The fourth-order valence-corrected chi connectivity index (χ4v) is 3.94. The first-order valence-electron chi connectivity index (χ1n) is 11.6. The van der Waals surface area contributed by atoms with Crippen LogP contribution in [0.1, 0.15) is 22.8 Å². The van der Waals surface area contributed by atoms with E-state index in [0.29, 0.717) is 66.9 Å². The highest BCUT2D eigenvalue weighted by molar-refractivity contribution is 6.14. The third-order valence-corrected chi connectivity index (χ3v) is 5.87. The van der Waals surface area contributed by atoms with E-state index in [0.717, 1.165) is 0 Å². The zero-order chi connectivity index (χ0) is 25.7. The monoisotopic (exact) mass is 496 g/mol. The van der Waals surface area contributed by atoms with Crippen LogP contribution in [0.2, 0.25) is 0 Å². The van der Waals surface area contributed by atoms with Crippen LogP contribution in [-0.4, -0.2) is 81.2 Å². The van der Waals surface area contributed by atoms with Gasteiger partial charge in [-0.25, -0.2) is 4.79 Å². The minimum absolute atomic E-state index is 0.166. The molecule has 0 spiro atoms. The lowest BCUT2D eigenvalue weighted by Crippen LogP contribution is -2.51. The summed E-state index contributed by atoms with van der Waals surface area (Å²) in [7, 11) is 3.09. The van der Waals surface area contributed by atoms with Gasteiger partial charge in [-0.15, -0.1) is 0 Å². The van der Waals surface area contributed by atoms with Crippen LogP contribution in [0.5, 0.6) is 23.0 Å². The van der Waals surface area contributed by atoms with E-state index in [4.69, 9.17) is 23.7 Å². The maximum atomic E-state index is 12.8. The molecule has 0 aliphatic carbocycles. The van der Waals surface area contributed by atoms with E-state index < -0.39 is 0 Å². The van der Waals surface area contributed by atoms with Crippen molar-refractivity contribution in [1.82, 2.24) is 9.80 Å². The number of ether oxygens (including phenoxy) is 5. The molecule has 0 bridgehead atoms. The van der Waals surface area contributed by atoms with Crippen LogP contribution in [0.25, 0.3) is 6.08 Å². The number of ketones is 1. The quantitative estimate of drug-likeness (QED) is 0.539. The topological polar surface area (TPSA) is 104 Å². The molecule has 1 fully saturated rings. The van der Waals surface area contributed by atoms with Gasteiger partial charge in [0.25, 0.3) is 5.91 Å². The zero-order valence-electron chi connectivity index (χ0n) is 20.4. The number of hydrogen-bond donors (Lipinski definition) is 0. The van der Waals surface area contributed by atoms with Crippen molar-refractivity contribution in [1.29, 1.82) is 0 Å². The van der Waals surface area contributed by atoms with E-state index in [1.165, 1.54) is 7.11 Å². The molecule has 0 unspecified atom stereocenters. The van der Waals surface area contributed by atoms with Gasteiger partial charge in [-0.1, -0.05) is 6.07 Å². The van der Waals surface area contributed by atoms with Crippen molar-refractivity contribution in [3.63, 3.8) is 0 Å². The Morgan fingerprint density at radius 2 is 1.69 bits per heavy atom. The number of piperazine rings is 1. The van der Waals surface area contributed by atoms with Gasteiger partial charge in [-0.3, -0.25) is 9.59 Å². The number of allylic oxidation sites excluding steroid dienone is 1. The van der Waals surface area contributed by atoms with Gasteiger partial charge in [0.15, 0.2) is 23.9 Å². The lowest BCUT2D eigenvalue weighted by Gasteiger charge is -2.33. The first-order chi connectivity index (χ1) is 17.4. The summed E-state index contributed by atoms with van der Waals surface area (Å²) in [5.41, 5.74) is 1.13. The van der Waals surface area contributed by atoms with Crippen LogP contribution in [0.3, 0.4) is 0 Å². The van der Waals surface area contributed by atoms with Gasteiger partial charge in [-0.05, 0) is 42.8 Å². The summed E-state index contributed by atoms with van der Waals surface area (Å²) in [5.74, 6) is 1.63. The highest BCUT2D eigenvalue weighted by Crippen LogP contribution is 2.36. The molecule has 2 heterocycles. The normalized spacial score (nSPS) is 15.9. The smallest absolute Gasteiger partial charge is 0.409 e. The summed E-state index contributed by atoms with van der Waals surface area (Å²) in [5, 5.41) is 0. The highest BCUT2D eigenvalue weighted by atomic mass is 16.6. The Morgan fingerprint density at radius 3 is 2.39 bits per heavy atom. The number of methoxy groups -OCH3 is 2. The fraction of sp³-hybridized carbons (Fsp3) is 0.346. The Labute approximate surface area is 208 Å². The number of carbonyl (C=O) groups excluding carboxylic acids is 3. The molecule has 190 valence electrons. The molecule has 2 amide bonds. The van der Waals surface area contributed by atoms with E-state index in [2.05, 4.69) is 0 Å². The summed E-state index contributed by atoms with van der Waals surface area (Å²) < 4.78 is 27.0. The van der Waals surface area contributed by atoms with Crippen molar-refractivity contribution < 1.29 is 38.1 Å². The number of amides is 2. The Hall–Kier alpha value is -4.21. The van der Waals surface area contributed by atoms with Gasteiger partial charge in [0.05, 0.1) is 26.4 Å². The number of carbonyl (C=O) groups is 3. The second-order valence-electron chi connectivity index (χ2n) is 8.07. The molecule has 0 radical (unpaired) electrons. The Kier molecular flexibility index (Phi) is 7.62. The maximum Gasteiger partial charge on any atom is 0.409 e. The molecule has 2 aliphatic rings. The molecule has 2 aromatic rings. The van der Waals surface area contributed by atoms with E-state index >= 15 is 0 Å². The van der Waals surface area contributed by atoms with Crippen LogP contribution < -0.4 is 18.9 Å². The summed E-state index contributed by atoms with van der Waals surface area (Å²) in [6.07, 6.45) is 1.26. The first kappa shape index (κ1) is 24.9. The van der Waals surface area contributed by atoms with Crippen LogP contribution >= 0.6 is 0 Å². The van der Waals surface area contributed by atoms with E-state index in [-0.39, 0.29) is 30.1 Å². The molecule has 10 nitrogen and oxygen atoms in total. The number of nitrogens with zero attached hydrogens (tertiary/aromatic N) is 2. The van der Waals surface area contributed by atoms with E-state index in [9.17, 15) is 14.4 Å². The van der Waals surface area contributed by atoms with Crippen molar-refractivity contribution >= 4 is 23.9 Å². The van der Waals surface area contributed by atoms with Gasteiger partial charge in [0.1, 0.15) is 11.5 Å². The van der Waals surface area contributed by atoms with E-state index in [1.54, 1.807) is 66.3 Å². The molecule has 2 aromatic carbocycles. The first-order valence-corrected chi connectivity index (χ1v) is 11.6. The molecule has 0 atom stereocenters. The third-order valence-electron chi connectivity index (χ3n) is 5.87. The highest BCUT2D eigenvalue weighted by Gasteiger charge is 2.29. The molecule has 1 saturated heterocycles. The predicted molar refractivity (Wildman–Crippen MR) is 130 cm³/mol. The largest absolute Gasteiger partial charge is 0.493 e. The summed E-state index contributed by atoms with van der Waals surface area (Å²) in [4.78, 5) is 40.4. The minimum Gasteiger partial charge on any atom is -0.493 e. The Morgan fingerprint density at radius 1 is 0.972 bits per heavy atom. The fourth-order valence-electron chi connectivity index (χ4n) is 3.94. The van der Waals surface area contributed by atoms with Gasteiger partial charge >= 0.3 is 6.09 Å². The van der Waals surface area contributed by atoms with Crippen LogP contribution in [-0.2, 0) is 9.53 Å². The molecule has 2 aliphatic heterocycles. The zero-order valence-corrected chi connectivity index (χ0v) is 20.4. The van der Waals surface area contributed by atoms with Gasteiger partial charge in [-0.2, -0.15) is 0 Å². The van der Waals surface area contributed by atoms with Crippen LogP contribution in [0.15, 0.2) is 42.2 Å². The van der Waals surface area contributed by atoms with Crippen molar-refractivity contribution in [3.05, 3.63) is 53.3 Å². The second-order valence-corrected chi connectivity index (χ2v) is 8.07. The Bertz CT molecular complexity index is 1180. The molecule has 4 rings (SSSR count). The van der Waals surface area contributed by atoms with Crippen molar-refractivity contribution in [2.75, 3.05) is 53.6 Å². The lowest BCUT2D eigenvalue weighted by molar-refractivity contribution is -0.134. The average Bonchev–Trinajstić information content (AvgIpc) is 3.21. The van der Waals surface area contributed by atoms with Gasteiger partial charge in [0, 0.05) is 32.2 Å². The number of Topliss-reactive ketones (excluding diaryl/α,β-unsaturated/α-hetero) is 1. The van der Waals surface area contributed by atoms with Crippen LogP contribution in [0.4, 0.5) is 4.79 Å². The SMILES string of the molecule is CCOC(=O)N1CCN(C(=O)COc2ccc3c(c2)OC(=Cc2ccc(OC)c(OC)c2)C3=O)CC1. The predicted octanol–water partition coefficient (Wildman–Crippen LogP) is 3.00. The minimum atomic E-state index is -0.368. The lowest BCUT2D eigenvalue weighted by atomic mass is 10.1. The maximum absolute atomic E-state index is 12.8. The molecule has 0 N–H and O–H groups in total. The molecule has 36 heavy (non-hydrogen) atoms. The number of hydrogen-bond acceptors (Lipinski definition) is 8. The summed E-state index contributed by atoms with van der Waals surface area (Å²) >= 11 is 0. The van der Waals surface area contributed by atoms with Crippen molar-refractivity contribution in [2.45, 2.75) is 6.92 Å². The van der Waals surface area contributed by atoms with Gasteiger partial charge in [0.2, 0.25) is 5.78 Å². The van der Waals surface area contributed by atoms with Crippen molar-refractivity contribution in [2.24, 2.45) is 0 Å². The standard InChI is InChI=1S/C26H28N2O8/c1-4-34-26(31)28-11-9-27(10-12-28)24(29)16-35-18-6-7-19-21(15-18)36-23(25(19)30)14-17-5-8-20(32-2)22(13-17)33-3/h5-8,13-15H,4,9-12,16H2,1-3H3. The summed E-state index contributed by atoms with van der Waals surface area (Å²) in [6.45, 7) is 3.55. The summed E-state index contributed by atoms with van der Waals surface area (Å²) in [6, 6.07) is 10.1. The Balaban J connectivity index is 1.35. The molecule has 0 saturated carbocycles. The van der Waals surface area contributed by atoms with Crippen molar-refractivity contribution in [3.8, 4) is 23.0 Å². The third kappa shape index (κ3) is 5.37. The average molecular weight is 497 g/mol. The van der Waals surface area contributed by atoms with Crippen LogP contribution in [0, 0.1) is 0 Å². The molecule has 10 heteroatoms. The molecular formula is C26H28N2O8.